The van der Waals surface area contributed by atoms with Crippen molar-refractivity contribution in [3.05, 3.63) is 30.6 Å². The third-order valence-corrected chi connectivity index (χ3v) is 4.57. The summed E-state index contributed by atoms with van der Waals surface area (Å²) in [7, 11) is 0. The van der Waals surface area contributed by atoms with Crippen LogP contribution in [0.5, 0.6) is 0 Å². The van der Waals surface area contributed by atoms with Crippen molar-refractivity contribution >= 4 is 40.5 Å². The van der Waals surface area contributed by atoms with Gasteiger partial charge < -0.3 is 18.9 Å². The van der Waals surface area contributed by atoms with E-state index in [9.17, 15) is 24.0 Å². The normalized spacial score (nSPS) is 29.8. The monoisotopic (exact) mass is 480 g/mol. The summed E-state index contributed by atoms with van der Waals surface area (Å²) in [6, 6.07) is 0. The number of ether oxygens (including phenoxy) is 4. The molecule has 5 atom stereocenters. The van der Waals surface area contributed by atoms with Crippen LogP contribution in [0.4, 0.5) is 0 Å². The summed E-state index contributed by atoms with van der Waals surface area (Å²) in [5, 5.41) is 0. The van der Waals surface area contributed by atoms with Gasteiger partial charge in [-0.05, 0) is 22.6 Å². The van der Waals surface area contributed by atoms with Gasteiger partial charge in [0.2, 0.25) is 6.10 Å². The first-order valence-electron chi connectivity index (χ1n) is 7.40. The number of H-pyrrole nitrogens is 1. The Morgan fingerprint density at radius 3 is 2.42 bits per heavy atom. The zero-order valence-electron chi connectivity index (χ0n) is 13.5. The number of carbonyl (C=O) groups is 3. The highest BCUT2D eigenvalue weighted by Gasteiger charge is 2.61. The number of carbonyl (C=O) groups excluding carboxylic acids is 3. The molecule has 12 heteroatoms. The van der Waals surface area contributed by atoms with E-state index in [0.717, 1.165) is 18.4 Å². The van der Waals surface area contributed by atoms with Crippen molar-refractivity contribution < 1.29 is 33.3 Å². The maximum atomic E-state index is 12.1. The molecule has 1 aromatic rings. The van der Waals surface area contributed by atoms with Crippen LogP contribution in [0.2, 0.25) is 0 Å². The molecule has 2 aliphatic heterocycles. The van der Waals surface area contributed by atoms with Crippen LogP contribution in [-0.2, 0) is 33.3 Å². The largest absolute Gasteiger partial charge is 0.454 e. The van der Waals surface area contributed by atoms with Crippen LogP contribution in [0.3, 0.4) is 0 Å². The zero-order valence-corrected chi connectivity index (χ0v) is 15.6. The summed E-state index contributed by atoms with van der Waals surface area (Å²) in [5.41, 5.74) is -1.38. The number of nitrogens with one attached hydrogen (secondary N) is 1. The van der Waals surface area contributed by atoms with Gasteiger partial charge >= 0.3 is 23.6 Å². The molecule has 2 aliphatic rings. The van der Waals surface area contributed by atoms with Crippen LogP contribution in [-0.4, -0.2) is 51.9 Å². The average Bonchev–Trinajstić information content (AvgIpc) is 3.00. The maximum Gasteiger partial charge on any atom is 0.350 e. The lowest BCUT2D eigenvalue weighted by atomic mass is 10.1. The van der Waals surface area contributed by atoms with Gasteiger partial charge in [0.15, 0.2) is 18.4 Å². The Morgan fingerprint density at radius 2 is 1.81 bits per heavy atom. The molecular weight excluding hydrogens is 467 g/mol. The van der Waals surface area contributed by atoms with Gasteiger partial charge in [-0.15, -0.1) is 0 Å². The SMILES string of the molecule is CC(=O)O[C@@H]1[C@H]2OC(=O)[C@@H](OC(C)=O)[C@H]2O[C@H]1n1cc(I)c(=O)[nH]c1=O. The lowest BCUT2D eigenvalue weighted by Crippen LogP contribution is -2.40. The Morgan fingerprint density at radius 1 is 1.15 bits per heavy atom. The number of hydrogen-bond acceptors (Lipinski definition) is 9. The summed E-state index contributed by atoms with van der Waals surface area (Å²) in [6.45, 7) is 2.26. The maximum absolute atomic E-state index is 12.1. The molecule has 11 nitrogen and oxygen atoms in total. The molecule has 140 valence electrons. The highest BCUT2D eigenvalue weighted by atomic mass is 127. The van der Waals surface area contributed by atoms with Crippen molar-refractivity contribution in [2.75, 3.05) is 0 Å². The Balaban J connectivity index is 2.01. The number of aromatic amines is 1. The standard InChI is InChI=1S/C14H13IN2O9/c1-4(18)23-9-7-8(10(13(21)26-7)24-5(2)19)25-12(9)17-3-6(15)11(20)16-14(17)22/h3,7-10,12H,1-2H3,(H,16,20,22)/t7-,8-,9+,10-,12+/m0/s1. The molecule has 2 fully saturated rings. The number of halogens is 1. The van der Waals surface area contributed by atoms with E-state index in [0.29, 0.717) is 0 Å². The Bertz CT molecular complexity index is 891. The molecule has 0 saturated carbocycles. The predicted octanol–water partition coefficient (Wildman–Crippen LogP) is -1.17. The van der Waals surface area contributed by atoms with Gasteiger partial charge in [0.05, 0.1) is 3.57 Å². The molecule has 0 bridgehead atoms. The Hall–Kier alpha value is -2.22. The van der Waals surface area contributed by atoms with Crippen LogP contribution in [0, 0.1) is 3.57 Å². The second-order valence-electron chi connectivity index (χ2n) is 5.64. The minimum Gasteiger partial charge on any atom is -0.454 e. The minimum atomic E-state index is -1.35. The predicted molar refractivity (Wildman–Crippen MR) is 88.9 cm³/mol. The summed E-state index contributed by atoms with van der Waals surface area (Å²) in [4.78, 5) is 60.4. The topological polar surface area (TPSA) is 143 Å². The van der Waals surface area contributed by atoms with E-state index in [1.807, 2.05) is 0 Å². The van der Waals surface area contributed by atoms with Gasteiger partial charge in [0, 0.05) is 20.0 Å². The Labute approximate surface area is 158 Å². The van der Waals surface area contributed by atoms with Crippen LogP contribution in [0.1, 0.15) is 20.1 Å². The van der Waals surface area contributed by atoms with Crippen LogP contribution >= 0.6 is 22.6 Å². The van der Waals surface area contributed by atoms with E-state index in [2.05, 4.69) is 4.98 Å². The third kappa shape index (κ3) is 3.25. The van der Waals surface area contributed by atoms with Crippen LogP contribution < -0.4 is 11.2 Å². The molecule has 0 aromatic carbocycles. The highest BCUT2D eigenvalue weighted by Crippen LogP contribution is 2.39. The van der Waals surface area contributed by atoms with E-state index in [1.54, 1.807) is 22.6 Å². The first-order chi connectivity index (χ1) is 12.2. The molecule has 0 amide bonds. The first-order valence-corrected chi connectivity index (χ1v) is 8.48. The molecule has 0 radical (unpaired) electrons. The van der Waals surface area contributed by atoms with E-state index in [-0.39, 0.29) is 3.57 Å². The number of rotatable bonds is 3. The molecule has 0 aliphatic carbocycles. The summed E-state index contributed by atoms with van der Waals surface area (Å²) in [5.74, 6) is -2.25. The second-order valence-corrected chi connectivity index (χ2v) is 6.80. The number of hydrogen-bond donors (Lipinski definition) is 1. The molecule has 0 unspecified atom stereocenters. The lowest BCUT2D eigenvalue weighted by molar-refractivity contribution is -0.174. The summed E-state index contributed by atoms with van der Waals surface area (Å²) >= 11 is 1.72. The van der Waals surface area contributed by atoms with Crippen molar-refractivity contribution in [3.8, 4) is 0 Å². The molecule has 1 aromatic heterocycles. The quantitative estimate of drug-likeness (QED) is 0.322. The van der Waals surface area contributed by atoms with E-state index in [1.165, 1.54) is 6.20 Å². The second kappa shape index (κ2) is 6.83. The van der Waals surface area contributed by atoms with Gasteiger partial charge in [0.25, 0.3) is 5.56 Å². The molecule has 26 heavy (non-hydrogen) atoms. The van der Waals surface area contributed by atoms with Crippen molar-refractivity contribution in [3.63, 3.8) is 0 Å². The fourth-order valence-electron chi connectivity index (χ4n) is 2.86. The fourth-order valence-corrected chi connectivity index (χ4v) is 3.30. The fraction of sp³-hybridized carbons (Fsp3) is 0.500. The van der Waals surface area contributed by atoms with Gasteiger partial charge in [-0.1, -0.05) is 0 Å². The number of aromatic nitrogens is 2. The summed E-state index contributed by atoms with van der Waals surface area (Å²) in [6.07, 6.45) is -4.61. The first kappa shape index (κ1) is 18.6. The van der Waals surface area contributed by atoms with Gasteiger partial charge in [-0.25, -0.2) is 9.59 Å². The van der Waals surface area contributed by atoms with Crippen molar-refractivity contribution in [1.29, 1.82) is 0 Å². The van der Waals surface area contributed by atoms with Gasteiger partial charge in [-0.3, -0.25) is 23.9 Å². The van der Waals surface area contributed by atoms with E-state index in [4.69, 9.17) is 18.9 Å². The molecule has 3 heterocycles. The van der Waals surface area contributed by atoms with Gasteiger partial charge in [-0.2, -0.15) is 0 Å². The Kier molecular flexibility index (Phi) is 4.88. The summed E-state index contributed by atoms with van der Waals surface area (Å²) < 4.78 is 22.2. The highest BCUT2D eigenvalue weighted by molar-refractivity contribution is 14.1. The molecule has 1 N–H and O–H groups in total. The van der Waals surface area contributed by atoms with Crippen molar-refractivity contribution in [1.82, 2.24) is 9.55 Å². The molecule has 2 saturated heterocycles. The molecule has 0 spiro atoms. The van der Waals surface area contributed by atoms with E-state index >= 15 is 0 Å². The van der Waals surface area contributed by atoms with Crippen LogP contribution in [0.25, 0.3) is 0 Å². The number of nitrogens with zero attached hydrogens (tertiary/aromatic N) is 1. The van der Waals surface area contributed by atoms with Crippen molar-refractivity contribution in [2.45, 2.75) is 44.5 Å². The molecular formula is C14H13IN2O9. The smallest absolute Gasteiger partial charge is 0.350 e. The van der Waals surface area contributed by atoms with Crippen LogP contribution in [0.15, 0.2) is 15.8 Å². The van der Waals surface area contributed by atoms with Crippen molar-refractivity contribution in [2.24, 2.45) is 0 Å². The molecule has 3 rings (SSSR count). The van der Waals surface area contributed by atoms with E-state index < -0.39 is 59.8 Å². The minimum absolute atomic E-state index is 0.193. The number of esters is 3. The van der Waals surface area contributed by atoms with Gasteiger partial charge in [0.1, 0.15) is 6.10 Å². The number of fused-ring (bicyclic) bond motifs is 1. The average molecular weight is 480 g/mol. The third-order valence-electron chi connectivity index (χ3n) is 3.80. The lowest BCUT2D eigenvalue weighted by Gasteiger charge is -2.23. The zero-order chi connectivity index (χ0) is 19.2.